The zero-order valence-electron chi connectivity index (χ0n) is 14.0. The molecule has 4 heteroatoms. The quantitative estimate of drug-likeness (QED) is 0.751. The maximum Gasteiger partial charge on any atom is 0.224 e. The summed E-state index contributed by atoms with van der Waals surface area (Å²) >= 11 is 1.87. The third-order valence-corrected chi connectivity index (χ3v) is 5.28. The Hall–Kier alpha value is -1.00. The second kappa shape index (κ2) is 8.59. The minimum absolute atomic E-state index is 0.323. The highest BCUT2D eigenvalue weighted by Crippen LogP contribution is 2.24. The van der Waals surface area contributed by atoms with E-state index in [0.717, 1.165) is 31.8 Å². The predicted octanol–water partition coefficient (Wildman–Crippen LogP) is 3.36. The average Bonchev–Trinajstić information content (AvgIpc) is 2.66. The van der Waals surface area contributed by atoms with Gasteiger partial charge in [0.2, 0.25) is 5.91 Å². The van der Waals surface area contributed by atoms with Crippen molar-refractivity contribution in [3.05, 3.63) is 30.3 Å². The number of hydrogen-bond donors (Lipinski definition) is 0. The minimum Gasteiger partial charge on any atom is -0.338 e. The number of carbonyl (C=O) groups is 1. The van der Waals surface area contributed by atoms with Crippen LogP contribution in [-0.2, 0) is 4.79 Å². The molecular weight excluding hydrogens is 292 g/mol. The highest BCUT2D eigenvalue weighted by molar-refractivity contribution is 7.99. The first-order valence-electron chi connectivity index (χ1n) is 8.22. The van der Waals surface area contributed by atoms with Crippen LogP contribution in [0.3, 0.4) is 0 Å². The maximum atomic E-state index is 12.5. The van der Waals surface area contributed by atoms with Crippen LogP contribution >= 0.6 is 11.8 Å². The fraction of sp³-hybridized carbons (Fsp3) is 0.611. The fourth-order valence-corrected chi connectivity index (χ4v) is 3.92. The number of amides is 1. The van der Waals surface area contributed by atoms with Gasteiger partial charge in [-0.3, -0.25) is 4.79 Å². The van der Waals surface area contributed by atoms with Gasteiger partial charge in [-0.05, 0) is 31.5 Å². The van der Waals surface area contributed by atoms with Crippen LogP contribution in [0.5, 0.6) is 0 Å². The molecule has 1 amide bonds. The molecule has 1 aromatic rings. The summed E-state index contributed by atoms with van der Waals surface area (Å²) < 4.78 is 0. The molecule has 1 aromatic carbocycles. The standard InChI is InChI=1S/C18H28N2OS/c1-15(2)13-16(14-22-17-7-5-4-6-8-17)20-12-11-19(3)10-9-18(20)21/h4-8,15-16H,9-14H2,1-3H3/t16-/m0/s1. The first kappa shape index (κ1) is 17.4. The Bertz CT molecular complexity index is 463. The van der Waals surface area contributed by atoms with E-state index < -0.39 is 0 Å². The van der Waals surface area contributed by atoms with E-state index in [2.05, 4.69) is 55.0 Å². The molecule has 0 N–H and O–H groups in total. The lowest BCUT2D eigenvalue weighted by Gasteiger charge is -2.32. The normalized spacial score (nSPS) is 18.5. The lowest BCUT2D eigenvalue weighted by molar-refractivity contribution is -0.132. The molecule has 1 aliphatic heterocycles. The van der Waals surface area contributed by atoms with Crippen LogP contribution in [-0.4, -0.2) is 54.2 Å². The van der Waals surface area contributed by atoms with Crippen molar-refractivity contribution < 1.29 is 4.79 Å². The molecule has 0 saturated carbocycles. The summed E-state index contributed by atoms with van der Waals surface area (Å²) in [6, 6.07) is 10.8. The number of benzene rings is 1. The molecule has 0 spiro atoms. The lowest BCUT2D eigenvalue weighted by atomic mass is 10.0. The molecule has 0 aromatic heterocycles. The third kappa shape index (κ3) is 5.33. The van der Waals surface area contributed by atoms with Gasteiger partial charge in [0, 0.05) is 42.7 Å². The number of hydrogen-bond acceptors (Lipinski definition) is 3. The van der Waals surface area contributed by atoms with Crippen molar-refractivity contribution in [1.82, 2.24) is 9.80 Å². The molecular formula is C18H28N2OS. The van der Waals surface area contributed by atoms with Gasteiger partial charge in [0.15, 0.2) is 0 Å². The van der Waals surface area contributed by atoms with E-state index in [4.69, 9.17) is 0 Å². The summed E-state index contributed by atoms with van der Waals surface area (Å²) in [7, 11) is 2.10. The number of likely N-dealkylation sites (N-methyl/N-ethyl adjacent to an activating group) is 1. The van der Waals surface area contributed by atoms with Gasteiger partial charge < -0.3 is 9.80 Å². The van der Waals surface area contributed by atoms with Crippen LogP contribution in [0.4, 0.5) is 0 Å². The van der Waals surface area contributed by atoms with Crippen molar-refractivity contribution in [2.24, 2.45) is 5.92 Å². The van der Waals surface area contributed by atoms with Crippen LogP contribution < -0.4 is 0 Å². The molecule has 1 fully saturated rings. The number of nitrogens with zero attached hydrogens (tertiary/aromatic N) is 2. The van der Waals surface area contributed by atoms with Gasteiger partial charge in [-0.15, -0.1) is 11.8 Å². The molecule has 0 unspecified atom stereocenters. The minimum atomic E-state index is 0.323. The summed E-state index contributed by atoms with van der Waals surface area (Å²) in [5, 5.41) is 0. The largest absolute Gasteiger partial charge is 0.338 e. The van der Waals surface area contributed by atoms with Crippen LogP contribution in [0, 0.1) is 5.92 Å². The third-order valence-electron chi connectivity index (χ3n) is 4.12. The summed E-state index contributed by atoms with van der Waals surface area (Å²) in [4.78, 5) is 18.2. The second-order valence-electron chi connectivity index (χ2n) is 6.55. The molecule has 0 bridgehead atoms. The highest BCUT2D eigenvalue weighted by atomic mass is 32.2. The molecule has 1 heterocycles. The Morgan fingerprint density at radius 2 is 1.86 bits per heavy atom. The molecule has 22 heavy (non-hydrogen) atoms. The van der Waals surface area contributed by atoms with Gasteiger partial charge in [-0.2, -0.15) is 0 Å². The Morgan fingerprint density at radius 3 is 2.55 bits per heavy atom. The Balaban J connectivity index is 2.02. The van der Waals surface area contributed by atoms with Crippen LogP contribution in [0.1, 0.15) is 26.7 Å². The SMILES string of the molecule is CC(C)C[C@@H](CSc1ccccc1)N1CCN(C)CCC1=O. The van der Waals surface area contributed by atoms with E-state index in [1.165, 1.54) is 4.90 Å². The van der Waals surface area contributed by atoms with E-state index in [1.807, 2.05) is 17.8 Å². The zero-order valence-corrected chi connectivity index (χ0v) is 14.8. The van der Waals surface area contributed by atoms with Gasteiger partial charge in [0.1, 0.15) is 0 Å². The second-order valence-corrected chi connectivity index (χ2v) is 7.64. The molecule has 1 atom stereocenters. The zero-order chi connectivity index (χ0) is 15.9. The van der Waals surface area contributed by atoms with E-state index >= 15 is 0 Å². The topological polar surface area (TPSA) is 23.6 Å². The summed E-state index contributed by atoms with van der Waals surface area (Å²) in [6.45, 7) is 7.22. The van der Waals surface area contributed by atoms with Gasteiger partial charge in [-0.1, -0.05) is 32.0 Å². The maximum absolute atomic E-state index is 12.5. The van der Waals surface area contributed by atoms with E-state index in [1.54, 1.807) is 0 Å². The van der Waals surface area contributed by atoms with Crippen LogP contribution in [0.15, 0.2) is 35.2 Å². The van der Waals surface area contributed by atoms with Gasteiger partial charge in [0.25, 0.3) is 0 Å². The van der Waals surface area contributed by atoms with Gasteiger partial charge in [0.05, 0.1) is 0 Å². The van der Waals surface area contributed by atoms with Gasteiger partial charge >= 0.3 is 0 Å². The molecule has 3 nitrogen and oxygen atoms in total. The molecule has 122 valence electrons. The Morgan fingerprint density at radius 1 is 1.14 bits per heavy atom. The Kier molecular flexibility index (Phi) is 6.77. The van der Waals surface area contributed by atoms with Crippen molar-refractivity contribution in [3.63, 3.8) is 0 Å². The van der Waals surface area contributed by atoms with E-state index in [-0.39, 0.29) is 0 Å². The molecule has 0 aliphatic carbocycles. The fourth-order valence-electron chi connectivity index (χ4n) is 2.87. The van der Waals surface area contributed by atoms with Crippen molar-refractivity contribution in [2.45, 2.75) is 37.6 Å². The summed E-state index contributed by atoms with van der Waals surface area (Å²) in [6.07, 6.45) is 1.73. The first-order chi connectivity index (χ1) is 10.6. The first-order valence-corrected chi connectivity index (χ1v) is 9.20. The van der Waals surface area contributed by atoms with Crippen molar-refractivity contribution in [3.8, 4) is 0 Å². The lowest BCUT2D eigenvalue weighted by Crippen LogP contribution is -2.43. The molecule has 1 aliphatic rings. The van der Waals surface area contributed by atoms with Crippen LogP contribution in [0.2, 0.25) is 0 Å². The van der Waals surface area contributed by atoms with Crippen LogP contribution in [0.25, 0.3) is 0 Å². The predicted molar refractivity (Wildman–Crippen MR) is 94.2 cm³/mol. The van der Waals surface area contributed by atoms with Crippen molar-refractivity contribution in [1.29, 1.82) is 0 Å². The van der Waals surface area contributed by atoms with Gasteiger partial charge in [-0.25, -0.2) is 0 Å². The molecule has 2 rings (SSSR count). The summed E-state index contributed by atoms with van der Waals surface area (Å²) in [5.41, 5.74) is 0. The molecule has 0 radical (unpaired) electrons. The molecule has 1 saturated heterocycles. The number of thioether (sulfide) groups is 1. The summed E-state index contributed by atoms with van der Waals surface area (Å²) in [5.74, 6) is 1.91. The number of rotatable bonds is 6. The number of carbonyl (C=O) groups excluding carboxylic acids is 1. The van der Waals surface area contributed by atoms with E-state index in [0.29, 0.717) is 24.3 Å². The highest BCUT2D eigenvalue weighted by Gasteiger charge is 2.26. The van der Waals surface area contributed by atoms with Crippen molar-refractivity contribution in [2.75, 3.05) is 32.4 Å². The smallest absolute Gasteiger partial charge is 0.224 e. The average molecular weight is 321 g/mol. The Labute approximate surface area is 139 Å². The van der Waals surface area contributed by atoms with E-state index in [9.17, 15) is 4.79 Å². The van der Waals surface area contributed by atoms with Crippen molar-refractivity contribution >= 4 is 17.7 Å². The monoisotopic (exact) mass is 320 g/mol.